The Labute approximate surface area is 92.4 Å². The molecule has 0 aromatic carbocycles. The van der Waals surface area contributed by atoms with Crippen LogP contribution in [0.1, 0.15) is 5.56 Å². The lowest BCUT2D eigenvalue weighted by Gasteiger charge is -1.86. The second kappa shape index (κ2) is 6.54. The van der Waals surface area contributed by atoms with E-state index in [2.05, 4.69) is 28.7 Å². The van der Waals surface area contributed by atoms with Gasteiger partial charge in [-0.25, -0.2) is 4.98 Å². The molecule has 0 unspecified atom stereocenters. The number of carbonyl (C=O) groups is 1. The fraction of sp³-hybridized carbons (Fsp3) is 0.200. The molecule has 0 spiro atoms. The highest BCUT2D eigenvalue weighted by molar-refractivity contribution is 5.78. The summed E-state index contributed by atoms with van der Waals surface area (Å²) in [6, 6.07) is 4.01. The SMILES string of the molecule is Cc1c[nH]c2ncccc12.NCC(=O)O.O. The van der Waals surface area contributed by atoms with Crippen LogP contribution in [0.15, 0.2) is 24.5 Å². The number of nitrogens with zero attached hydrogens (tertiary/aromatic N) is 1. The molecule has 6 nitrogen and oxygen atoms in total. The molecule has 0 bridgehead atoms. The van der Waals surface area contributed by atoms with E-state index >= 15 is 0 Å². The molecule has 0 saturated carbocycles. The summed E-state index contributed by atoms with van der Waals surface area (Å²) in [4.78, 5) is 16.5. The molecule has 2 heterocycles. The maximum atomic E-state index is 9.24. The molecule has 0 aliphatic heterocycles. The van der Waals surface area contributed by atoms with Crippen molar-refractivity contribution in [3.8, 4) is 0 Å². The highest BCUT2D eigenvalue weighted by atomic mass is 16.4. The van der Waals surface area contributed by atoms with Crippen molar-refractivity contribution in [2.24, 2.45) is 5.73 Å². The first-order chi connectivity index (χ1) is 7.15. The van der Waals surface area contributed by atoms with Crippen molar-refractivity contribution in [3.63, 3.8) is 0 Å². The van der Waals surface area contributed by atoms with Crippen molar-refractivity contribution in [2.45, 2.75) is 6.92 Å². The monoisotopic (exact) mass is 225 g/mol. The van der Waals surface area contributed by atoms with E-state index in [1.165, 1.54) is 10.9 Å². The van der Waals surface area contributed by atoms with E-state index in [1.54, 1.807) is 6.20 Å². The Morgan fingerprint density at radius 1 is 1.62 bits per heavy atom. The lowest BCUT2D eigenvalue weighted by Crippen LogP contribution is -2.10. The van der Waals surface area contributed by atoms with E-state index in [9.17, 15) is 4.79 Å². The molecule has 0 fully saturated rings. The Kier molecular flexibility index (Phi) is 5.76. The number of carboxylic acid groups (broad SMARTS) is 1. The van der Waals surface area contributed by atoms with Crippen molar-refractivity contribution in [3.05, 3.63) is 30.1 Å². The van der Waals surface area contributed by atoms with Gasteiger partial charge in [0.05, 0.1) is 6.54 Å². The topological polar surface area (TPSA) is 124 Å². The maximum absolute atomic E-state index is 9.24. The third-order valence-corrected chi connectivity index (χ3v) is 1.83. The molecule has 6 heteroatoms. The van der Waals surface area contributed by atoms with Crippen molar-refractivity contribution in [2.75, 3.05) is 6.54 Å². The maximum Gasteiger partial charge on any atom is 0.317 e. The summed E-state index contributed by atoms with van der Waals surface area (Å²) < 4.78 is 0. The molecule has 0 saturated heterocycles. The predicted octanol–water partition coefficient (Wildman–Crippen LogP) is 0.0763. The van der Waals surface area contributed by atoms with E-state index in [-0.39, 0.29) is 12.0 Å². The van der Waals surface area contributed by atoms with Crippen LogP contribution in [0, 0.1) is 6.92 Å². The number of hydrogen-bond donors (Lipinski definition) is 3. The normalized spacial score (nSPS) is 8.88. The van der Waals surface area contributed by atoms with Gasteiger partial charge in [-0.3, -0.25) is 4.79 Å². The highest BCUT2D eigenvalue weighted by Gasteiger charge is 1.95. The second-order valence-corrected chi connectivity index (χ2v) is 2.97. The number of fused-ring (bicyclic) bond motifs is 1. The molecule has 0 radical (unpaired) electrons. The van der Waals surface area contributed by atoms with E-state index in [1.807, 2.05) is 12.3 Å². The number of aliphatic carboxylic acids is 1. The van der Waals surface area contributed by atoms with Crippen LogP contribution in [0.25, 0.3) is 11.0 Å². The van der Waals surface area contributed by atoms with Crippen LogP contribution < -0.4 is 5.73 Å². The summed E-state index contributed by atoms with van der Waals surface area (Å²) in [7, 11) is 0. The van der Waals surface area contributed by atoms with Crippen molar-refractivity contribution >= 4 is 17.0 Å². The van der Waals surface area contributed by atoms with Gasteiger partial charge in [-0.2, -0.15) is 0 Å². The number of aromatic nitrogens is 2. The number of H-pyrrole nitrogens is 1. The van der Waals surface area contributed by atoms with E-state index < -0.39 is 5.97 Å². The molecule has 0 atom stereocenters. The molecule has 6 N–H and O–H groups in total. The van der Waals surface area contributed by atoms with Crippen molar-refractivity contribution < 1.29 is 15.4 Å². The first kappa shape index (κ1) is 14.1. The zero-order chi connectivity index (χ0) is 11.3. The van der Waals surface area contributed by atoms with Crippen molar-refractivity contribution in [1.29, 1.82) is 0 Å². The summed E-state index contributed by atoms with van der Waals surface area (Å²) >= 11 is 0. The summed E-state index contributed by atoms with van der Waals surface area (Å²) in [6.07, 6.45) is 3.76. The fourth-order valence-electron chi connectivity index (χ4n) is 1.09. The van der Waals surface area contributed by atoms with Gasteiger partial charge in [0.15, 0.2) is 0 Å². The molecule has 2 aromatic heterocycles. The first-order valence-electron chi connectivity index (χ1n) is 4.45. The average molecular weight is 225 g/mol. The molecule has 0 aliphatic carbocycles. The van der Waals surface area contributed by atoms with Gasteiger partial charge in [0.2, 0.25) is 0 Å². The molecule has 88 valence electrons. The van der Waals surface area contributed by atoms with E-state index in [0.29, 0.717) is 0 Å². The Hall–Kier alpha value is -1.92. The zero-order valence-corrected chi connectivity index (χ0v) is 8.90. The van der Waals surface area contributed by atoms with Gasteiger partial charge >= 0.3 is 5.97 Å². The number of pyridine rings is 1. The minimum atomic E-state index is -0.968. The summed E-state index contributed by atoms with van der Waals surface area (Å²) in [5, 5.41) is 8.81. The second-order valence-electron chi connectivity index (χ2n) is 2.97. The Morgan fingerprint density at radius 2 is 2.25 bits per heavy atom. The van der Waals surface area contributed by atoms with Crippen LogP contribution in [0.4, 0.5) is 0 Å². The molecule has 16 heavy (non-hydrogen) atoms. The van der Waals surface area contributed by atoms with Crippen LogP contribution >= 0.6 is 0 Å². The number of aryl methyl sites for hydroxylation is 1. The third-order valence-electron chi connectivity index (χ3n) is 1.83. The molecular formula is C10H15N3O3. The highest BCUT2D eigenvalue weighted by Crippen LogP contribution is 2.12. The predicted molar refractivity (Wildman–Crippen MR) is 61.1 cm³/mol. The van der Waals surface area contributed by atoms with Crippen LogP contribution in [0.5, 0.6) is 0 Å². The van der Waals surface area contributed by atoms with Crippen LogP contribution in [-0.4, -0.2) is 33.1 Å². The number of rotatable bonds is 1. The third kappa shape index (κ3) is 3.68. The summed E-state index contributed by atoms with van der Waals surface area (Å²) in [5.41, 5.74) is 6.80. The molecule has 0 amide bonds. The van der Waals surface area contributed by atoms with Gasteiger partial charge in [0.1, 0.15) is 5.65 Å². The van der Waals surface area contributed by atoms with Gasteiger partial charge < -0.3 is 21.3 Å². The number of hydrogen-bond acceptors (Lipinski definition) is 3. The standard InChI is InChI=1S/C8H8N2.C2H5NO2.H2O/c1-6-5-10-8-7(6)3-2-4-9-8;3-1-2(4)5;/h2-5H,1H3,(H,9,10);1,3H2,(H,4,5);1H2. The van der Waals surface area contributed by atoms with Gasteiger partial charge in [0, 0.05) is 17.8 Å². The van der Waals surface area contributed by atoms with Crippen LogP contribution in [0.3, 0.4) is 0 Å². The Bertz CT molecular complexity index is 453. The number of carboxylic acids is 1. The van der Waals surface area contributed by atoms with Crippen LogP contribution in [-0.2, 0) is 4.79 Å². The van der Waals surface area contributed by atoms with E-state index in [4.69, 9.17) is 5.11 Å². The smallest absolute Gasteiger partial charge is 0.317 e. The number of nitrogens with one attached hydrogen (secondary N) is 1. The largest absolute Gasteiger partial charge is 0.480 e. The number of nitrogens with two attached hydrogens (primary N) is 1. The zero-order valence-electron chi connectivity index (χ0n) is 8.90. The Balaban J connectivity index is 0.000000330. The molecular weight excluding hydrogens is 210 g/mol. The van der Waals surface area contributed by atoms with Gasteiger partial charge in [0.25, 0.3) is 0 Å². The fourth-order valence-corrected chi connectivity index (χ4v) is 1.09. The van der Waals surface area contributed by atoms with Gasteiger partial charge in [-0.1, -0.05) is 0 Å². The van der Waals surface area contributed by atoms with Crippen LogP contribution in [0.2, 0.25) is 0 Å². The molecule has 2 aromatic rings. The minimum Gasteiger partial charge on any atom is -0.480 e. The number of aromatic amines is 1. The average Bonchev–Trinajstić information content (AvgIpc) is 2.62. The first-order valence-corrected chi connectivity index (χ1v) is 4.45. The molecule has 2 rings (SSSR count). The lowest BCUT2D eigenvalue weighted by atomic mass is 10.2. The van der Waals surface area contributed by atoms with E-state index in [0.717, 1.165) is 5.65 Å². The Morgan fingerprint density at radius 3 is 2.75 bits per heavy atom. The summed E-state index contributed by atoms with van der Waals surface area (Å²) in [5.74, 6) is -0.968. The minimum absolute atomic E-state index is 0. The summed E-state index contributed by atoms with van der Waals surface area (Å²) in [6.45, 7) is 1.79. The van der Waals surface area contributed by atoms with Gasteiger partial charge in [-0.15, -0.1) is 0 Å². The quantitative estimate of drug-likeness (QED) is 0.635. The van der Waals surface area contributed by atoms with Gasteiger partial charge in [-0.05, 0) is 24.6 Å². The van der Waals surface area contributed by atoms with Crippen molar-refractivity contribution in [1.82, 2.24) is 9.97 Å². The molecule has 0 aliphatic rings. The lowest BCUT2D eigenvalue weighted by molar-refractivity contribution is -0.135.